The van der Waals surface area contributed by atoms with Crippen LogP contribution >= 0.6 is 0 Å². The summed E-state index contributed by atoms with van der Waals surface area (Å²) >= 11 is 0. The van der Waals surface area contributed by atoms with Gasteiger partial charge in [-0.05, 0) is 74.2 Å². The van der Waals surface area contributed by atoms with Crippen LogP contribution in [0.25, 0.3) is 0 Å². The number of carbonyl (C=O) groups excluding carboxylic acids is 2. The zero-order valence-electron chi connectivity index (χ0n) is 17.4. The van der Waals surface area contributed by atoms with Crippen LogP contribution in [0.15, 0.2) is 11.6 Å². The Balaban J connectivity index is 1.53. The van der Waals surface area contributed by atoms with Crippen LogP contribution in [0.3, 0.4) is 0 Å². The van der Waals surface area contributed by atoms with E-state index in [2.05, 4.69) is 0 Å². The van der Waals surface area contributed by atoms with Crippen molar-refractivity contribution in [3.63, 3.8) is 0 Å². The second-order valence-electron chi connectivity index (χ2n) is 10.7. The quantitative estimate of drug-likeness (QED) is 0.383. The minimum absolute atomic E-state index is 0.0134. The fourth-order valence-electron chi connectivity index (χ4n) is 8.33. The summed E-state index contributed by atoms with van der Waals surface area (Å²) in [4.78, 5) is 24.1. The van der Waals surface area contributed by atoms with Crippen molar-refractivity contribution in [2.45, 2.75) is 75.8 Å². The lowest BCUT2D eigenvalue weighted by molar-refractivity contribution is -0.238. The minimum atomic E-state index is -1.37. The first-order chi connectivity index (χ1) is 14.2. The standard InChI is InChI=1S/C23H32O7/c1-21-5-4-14-15(3-2-13-7-17(25)18(26)9-22(13,14)11-24)23(21,29)19(27)8-16(21)12-6-20(28)30-10-12/h6,11,13-19,25-27,29H,2-5,7-10H2,1H3. The highest BCUT2D eigenvalue weighted by molar-refractivity contribution is 5.85. The number of fused-ring (bicyclic) bond motifs is 5. The van der Waals surface area contributed by atoms with Gasteiger partial charge in [0.1, 0.15) is 12.9 Å². The first-order valence-electron chi connectivity index (χ1n) is 11.3. The first-order valence-corrected chi connectivity index (χ1v) is 11.3. The van der Waals surface area contributed by atoms with Crippen LogP contribution in [0.1, 0.15) is 51.9 Å². The molecule has 0 aromatic rings. The fraction of sp³-hybridized carbons (Fsp3) is 0.826. The molecule has 0 amide bonds. The predicted molar refractivity (Wildman–Crippen MR) is 105 cm³/mol. The lowest BCUT2D eigenvalue weighted by Crippen LogP contribution is -2.67. The normalized spacial score (nSPS) is 55.2. The van der Waals surface area contributed by atoms with E-state index in [4.69, 9.17) is 4.74 Å². The third-order valence-corrected chi connectivity index (χ3v) is 9.84. The number of carbonyl (C=O) groups is 2. The molecule has 30 heavy (non-hydrogen) atoms. The second kappa shape index (κ2) is 6.61. The number of esters is 1. The van der Waals surface area contributed by atoms with E-state index in [1.807, 2.05) is 6.92 Å². The molecule has 5 aliphatic rings. The van der Waals surface area contributed by atoms with Gasteiger partial charge in [-0.2, -0.15) is 0 Å². The van der Waals surface area contributed by atoms with Crippen LogP contribution in [0.5, 0.6) is 0 Å². The molecule has 0 aromatic heterocycles. The summed E-state index contributed by atoms with van der Waals surface area (Å²) in [5.41, 5.74) is -1.92. The van der Waals surface area contributed by atoms with Gasteiger partial charge in [-0.3, -0.25) is 0 Å². The maximum absolute atomic E-state index is 12.5. The molecule has 7 nitrogen and oxygen atoms in total. The van der Waals surface area contributed by atoms with Crippen molar-refractivity contribution in [2.75, 3.05) is 6.61 Å². The van der Waals surface area contributed by atoms with Gasteiger partial charge in [0.25, 0.3) is 0 Å². The SMILES string of the molecule is CC12CCC3C(CCC4CC(O)C(O)CC43C=O)C1(O)C(O)CC2C1=CC(=O)OC1. The minimum Gasteiger partial charge on any atom is -0.458 e. The molecule has 0 bridgehead atoms. The van der Waals surface area contributed by atoms with E-state index in [9.17, 15) is 30.0 Å². The Labute approximate surface area is 176 Å². The van der Waals surface area contributed by atoms with Crippen LogP contribution in [0.4, 0.5) is 0 Å². The molecule has 4 fully saturated rings. The molecular weight excluding hydrogens is 388 g/mol. The fourth-order valence-corrected chi connectivity index (χ4v) is 8.33. The Bertz CT molecular complexity index is 794. The highest BCUT2D eigenvalue weighted by Crippen LogP contribution is 2.69. The average molecular weight is 421 g/mol. The van der Waals surface area contributed by atoms with Crippen molar-refractivity contribution in [3.05, 3.63) is 11.6 Å². The third kappa shape index (κ3) is 2.41. The summed E-state index contributed by atoms with van der Waals surface area (Å²) < 4.78 is 5.11. The van der Waals surface area contributed by atoms with E-state index in [0.29, 0.717) is 38.5 Å². The van der Waals surface area contributed by atoms with Crippen LogP contribution < -0.4 is 0 Å². The lowest BCUT2D eigenvalue weighted by Gasteiger charge is -2.63. The molecule has 10 atom stereocenters. The Kier molecular flexibility index (Phi) is 4.54. The van der Waals surface area contributed by atoms with Crippen LogP contribution in [-0.2, 0) is 14.3 Å². The molecule has 0 radical (unpaired) electrons. The van der Waals surface area contributed by atoms with Crippen molar-refractivity contribution in [3.8, 4) is 0 Å². The molecule has 1 aliphatic heterocycles. The van der Waals surface area contributed by atoms with E-state index < -0.39 is 34.7 Å². The summed E-state index contributed by atoms with van der Waals surface area (Å²) in [6.07, 6.45) is 3.45. The number of aliphatic hydroxyl groups excluding tert-OH is 3. The summed E-state index contributed by atoms with van der Waals surface area (Å²) in [6, 6.07) is 0. The van der Waals surface area contributed by atoms with Gasteiger partial charge in [0.2, 0.25) is 0 Å². The number of hydrogen-bond donors (Lipinski definition) is 4. The van der Waals surface area contributed by atoms with Crippen LogP contribution in [0.2, 0.25) is 0 Å². The molecule has 7 heteroatoms. The van der Waals surface area contributed by atoms with Crippen molar-refractivity contribution in [1.82, 2.24) is 0 Å². The summed E-state index contributed by atoms with van der Waals surface area (Å²) in [5.74, 6) is -0.937. The Morgan fingerprint density at radius 2 is 1.87 bits per heavy atom. The maximum Gasteiger partial charge on any atom is 0.331 e. The molecule has 5 rings (SSSR count). The number of hydrogen-bond acceptors (Lipinski definition) is 7. The molecule has 4 aliphatic carbocycles. The van der Waals surface area contributed by atoms with Crippen molar-refractivity contribution < 1.29 is 34.8 Å². The molecule has 4 N–H and O–H groups in total. The topological polar surface area (TPSA) is 124 Å². The molecule has 166 valence electrons. The van der Waals surface area contributed by atoms with Crippen LogP contribution in [-0.4, -0.2) is 63.2 Å². The Morgan fingerprint density at radius 3 is 2.53 bits per heavy atom. The number of ether oxygens (including phenoxy) is 1. The summed E-state index contributed by atoms with van der Waals surface area (Å²) in [6.45, 7) is 2.22. The highest BCUT2D eigenvalue weighted by Gasteiger charge is 2.72. The zero-order valence-corrected chi connectivity index (χ0v) is 17.4. The smallest absolute Gasteiger partial charge is 0.331 e. The molecule has 10 unspecified atom stereocenters. The number of cyclic esters (lactones) is 1. The Hall–Kier alpha value is -1.28. The second-order valence-corrected chi connectivity index (χ2v) is 10.7. The van der Waals surface area contributed by atoms with Gasteiger partial charge in [-0.25, -0.2) is 4.79 Å². The van der Waals surface area contributed by atoms with E-state index in [0.717, 1.165) is 11.9 Å². The monoisotopic (exact) mass is 420 g/mol. The van der Waals surface area contributed by atoms with E-state index in [-0.39, 0.29) is 42.7 Å². The van der Waals surface area contributed by atoms with Gasteiger partial charge in [-0.15, -0.1) is 0 Å². The number of rotatable bonds is 2. The average Bonchev–Trinajstić information content (AvgIpc) is 3.23. The molecule has 0 aromatic carbocycles. The van der Waals surface area contributed by atoms with Gasteiger partial charge in [0.05, 0.1) is 23.9 Å². The van der Waals surface area contributed by atoms with Gasteiger partial charge in [-0.1, -0.05) is 6.92 Å². The zero-order chi connectivity index (χ0) is 21.5. The van der Waals surface area contributed by atoms with Crippen LogP contribution in [0, 0.1) is 34.5 Å². The largest absolute Gasteiger partial charge is 0.458 e. The van der Waals surface area contributed by atoms with Gasteiger partial charge >= 0.3 is 5.97 Å². The number of aliphatic hydroxyl groups is 4. The first kappa shape index (κ1) is 20.6. The van der Waals surface area contributed by atoms with Gasteiger partial charge in [0.15, 0.2) is 0 Å². The van der Waals surface area contributed by atoms with E-state index in [1.54, 1.807) is 0 Å². The van der Waals surface area contributed by atoms with Crippen molar-refractivity contribution >= 4 is 12.3 Å². The predicted octanol–water partition coefficient (Wildman–Crippen LogP) is 0.725. The molecule has 4 saturated carbocycles. The lowest BCUT2D eigenvalue weighted by atomic mass is 9.42. The molecule has 0 saturated heterocycles. The van der Waals surface area contributed by atoms with Gasteiger partial charge < -0.3 is 30.0 Å². The maximum atomic E-state index is 12.5. The molecule has 0 spiro atoms. The summed E-state index contributed by atoms with van der Waals surface area (Å²) in [7, 11) is 0. The summed E-state index contributed by atoms with van der Waals surface area (Å²) in [5, 5.41) is 43.8. The molecule has 1 heterocycles. The van der Waals surface area contributed by atoms with Gasteiger partial charge in [0, 0.05) is 16.9 Å². The highest BCUT2D eigenvalue weighted by atomic mass is 16.5. The third-order valence-electron chi connectivity index (χ3n) is 9.84. The number of aldehydes is 1. The van der Waals surface area contributed by atoms with Crippen molar-refractivity contribution in [2.24, 2.45) is 34.5 Å². The van der Waals surface area contributed by atoms with Crippen molar-refractivity contribution in [1.29, 1.82) is 0 Å². The van der Waals surface area contributed by atoms with E-state index in [1.165, 1.54) is 6.08 Å². The Morgan fingerprint density at radius 1 is 1.10 bits per heavy atom. The molecular formula is C23H32O7. The van der Waals surface area contributed by atoms with E-state index >= 15 is 0 Å².